The van der Waals surface area contributed by atoms with Crippen LogP contribution in [0.4, 0.5) is 5.95 Å². The molecule has 2 aliphatic rings. The summed E-state index contributed by atoms with van der Waals surface area (Å²) in [7, 11) is 0. The van der Waals surface area contributed by atoms with Crippen LogP contribution < -0.4 is 11.1 Å². The highest BCUT2D eigenvalue weighted by atomic mass is 35.5. The molecule has 3 N–H and O–H groups in total. The Labute approximate surface area is 187 Å². The SMILES string of the molecule is CC(=O)Nc1nc(C)c2c(n1)CCN([C@H]1CC[C@](CN)(c3cccc(Cl)c3)CC1)C2=O. The molecule has 2 heterocycles. The van der Waals surface area contributed by atoms with E-state index in [1.54, 1.807) is 6.92 Å². The summed E-state index contributed by atoms with van der Waals surface area (Å²) in [5.74, 6) is 0.0199. The van der Waals surface area contributed by atoms with Gasteiger partial charge >= 0.3 is 0 Å². The molecule has 1 fully saturated rings. The first-order chi connectivity index (χ1) is 14.8. The zero-order valence-corrected chi connectivity index (χ0v) is 18.7. The van der Waals surface area contributed by atoms with Crippen LogP contribution in [0.2, 0.25) is 5.02 Å². The lowest BCUT2D eigenvalue weighted by Crippen LogP contribution is -2.50. The van der Waals surface area contributed by atoms with Gasteiger partial charge in [0, 0.05) is 42.9 Å². The van der Waals surface area contributed by atoms with E-state index in [0.717, 1.165) is 30.7 Å². The van der Waals surface area contributed by atoms with Crippen LogP contribution in [0.3, 0.4) is 0 Å². The molecule has 1 aromatic heterocycles. The molecule has 4 rings (SSSR count). The maximum absolute atomic E-state index is 13.3. The molecule has 0 unspecified atom stereocenters. The molecule has 2 aromatic rings. The highest BCUT2D eigenvalue weighted by Crippen LogP contribution is 2.41. The van der Waals surface area contributed by atoms with E-state index in [4.69, 9.17) is 17.3 Å². The van der Waals surface area contributed by atoms with Gasteiger partial charge in [0.05, 0.1) is 17.0 Å². The first kappa shape index (κ1) is 21.7. The molecule has 0 atom stereocenters. The largest absolute Gasteiger partial charge is 0.335 e. The van der Waals surface area contributed by atoms with E-state index < -0.39 is 0 Å². The lowest BCUT2D eigenvalue weighted by atomic mass is 9.68. The number of carbonyl (C=O) groups is 2. The number of rotatable bonds is 4. The fourth-order valence-electron chi connectivity index (χ4n) is 5.02. The van der Waals surface area contributed by atoms with Gasteiger partial charge in [-0.1, -0.05) is 23.7 Å². The van der Waals surface area contributed by atoms with Crippen LogP contribution in [0.1, 0.15) is 59.9 Å². The summed E-state index contributed by atoms with van der Waals surface area (Å²) in [6.07, 6.45) is 4.29. The monoisotopic (exact) mass is 441 g/mol. The van der Waals surface area contributed by atoms with Crippen LogP contribution in [0.5, 0.6) is 0 Å². The molecule has 0 spiro atoms. The molecule has 7 nitrogen and oxygen atoms in total. The molecule has 1 aliphatic carbocycles. The Balaban J connectivity index is 1.51. The second-order valence-corrected chi connectivity index (χ2v) is 9.05. The van der Waals surface area contributed by atoms with Gasteiger partial charge in [-0.2, -0.15) is 0 Å². The van der Waals surface area contributed by atoms with Crippen molar-refractivity contribution in [1.82, 2.24) is 14.9 Å². The second-order valence-electron chi connectivity index (χ2n) is 8.61. The number of aromatic nitrogens is 2. The maximum atomic E-state index is 13.3. The van der Waals surface area contributed by atoms with Crippen LogP contribution in [0.15, 0.2) is 24.3 Å². The van der Waals surface area contributed by atoms with Gasteiger partial charge in [-0.05, 0) is 50.3 Å². The summed E-state index contributed by atoms with van der Waals surface area (Å²) in [5, 5.41) is 3.34. The molecule has 1 saturated carbocycles. The minimum absolute atomic E-state index is 0.0128. The average molecular weight is 442 g/mol. The zero-order chi connectivity index (χ0) is 22.2. The number of halogens is 1. The molecule has 31 heavy (non-hydrogen) atoms. The molecular weight excluding hydrogens is 414 g/mol. The standard InChI is InChI=1S/C23H28ClN5O2/c1-14-20-19(28-22(26-14)27-15(2)30)8-11-29(21(20)31)18-6-9-23(13-25,10-7-18)16-4-3-5-17(24)12-16/h3-5,12,18H,6-11,13,25H2,1-2H3,(H,26,27,28,30)/t18-,23-. The summed E-state index contributed by atoms with van der Waals surface area (Å²) in [4.78, 5) is 35.4. The van der Waals surface area contributed by atoms with Crippen molar-refractivity contribution in [2.75, 3.05) is 18.4 Å². The fourth-order valence-corrected chi connectivity index (χ4v) is 5.21. The van der Waals surface area contributed by atoms with Crippen molar-refractivity contribution in [3.63, 3.8) is 0 Å². The van der Waals surface area contributed by atoms with E-state index in [9.17, 15) is 9.59 Å². The van der Waals surface area contributed by atoms with Gasteiger partial charge in [0.25, 0.3) is 5.91 Å². The number of nitrogens with zero attached hydrogens (tertiary/aromatic N) is 3. The molecule has 1 aromatic carbocycles. The predicted octanol–water partition coefficient (Wildman–Crippen LogP) is 3.23. The van der Waals surface area contributed by atoms with E-state index in [1.165, 1.54) is 12.5 Å². The molecule has 0 bridgehead atoms. The quantitative estimate of drug-likeness (QED) is 0.758. The van der Waals surface area contributed by atoms with Crippen molar-refractivity contribution in [1.29, 1.82) is 0 Å². The van der Waals surface area contributed by atoms with E-state index in [1.807, 2.05) is 23.1 Å². The number of nitrogens with two attached hydrogens (primary N) is 1. The summed E-state index contributed by atoms with van der Waals surface area (Å²) < 4.78 is 0. The number of carbonyl (C=O) groups excluding carboxylic acids is 2. The molecular formula is C23H28ClN5O2. The van der Waals surface area contributed by atoms with Crippen LogP contribution in [0.25, 0.3) is 0 Å². The third-order valence-corrected chi connectivity index (χ3v) is 6.93. The fraction of sp³-hybridized carbons (Fsp3) is 0.478. The Morgan fingerprint density at radius 2 is 2.06 bits per heavy atom. The number of anilines is 1. The number of nitrogens with one attached hydrogen (secondary N) is 1. The molecule has 164 valence electrons. The number of amides is 2. The highest BCUT2D eigenvalue weighted by molar-refractivity contribution is 6.30. The van der Waals surface area contributed by atoms with Crippen molar-refractivity contribution in [2.45, 2.75) is 57.4 Å². The first-order valence-electron chi connectivity index (χ1n) is 10.8. The van der Waals surface area contributed by atoms with Crippen LogP contribution >= 0.6 is 11.6 Å². The van der Waals surface area contributed by atoms with Crippen molar-refractivity contribution in [3.05, 3.63) is 51.8 Å². The summed E-state index contributed by atoms with van der Waals surface area (Å²) in [6, 6.07) is 8.16. The number of hydrogen-bond acceptors (Lipinski definition) is 5. The number of benzene rings is 1. The van der Waals surface area contributed by atoms with E-state index >= 15 is 0 Å². The second kappa shape index (κ2) is 8.55. The van der Waals surface area contributed by atoms with Gasteiger partial charge in [0.15, 0.2) is 0 Å². The first-order valence-corrected chi connectivity index (χ1v) is 11.1. The van der Waals surface area contributed by atoms with Crippen LogP contribution in [-0.4, -0.2) is 45.8 Å². The van der Waals surface area contributed by atoms with Gasteiger partial charge < -0.3 is 10.6 Å². The topological polar surface area (TPSA) is 101 Å². The number of aryl methyl sites for hydroxylation is 1. The Morgan fingerprint density at radius 3 is 2.71 bits per heavy atom. The van der Waals surface area contributed by atoms with E-state index in [2.05, 4.69) is 21.4 Å². The van der Waals surface area contributed by atoms with Gasteiger partial charge in [-0.25, -0.2) is 9.97 Å². The minimum Gasteiger partial charge on any atom is -0.335 e. The molecule has 8 heteroatoms. The van der Waals surface area contributed by atoms with Gasteiger partial charge in [-0.15, -0.1) is 0 Å². The zero-order valence-electron chi connectivity index (χ0n) is 17.9. The summed E-state index contributed by atoms with van der Waals surface area (Å²) in [5.41, 5.74) is 9.22. The Bertz CT molecular complexity index is 1020. The van der Waals surface area contributed by atoms with Crippen LogP contribution in [-0.2, 0) is 16.6 Å². The maximum Gasteiger partial charge on any atom is 0.257 e. The van der Waals surface area contributed by atoms with Crippen molar-refractivity contribution in [2.24, 2.45) is 5.73 Å². The number of hydrogen-bond donors (Lipinski definition) is 2. The summed E-state index contributed by atoms with van der Waals surface area (Å²) >= 11 is 6.23. The third kappa shape index (κ3) is 4.16. The van der Waals surface area contributed by atoms with E-state index in [-0.39, 0.29) is 29.2 Å². The Morgan fingerprint density at radius 1 is 1.32 bits per heavy atom. The smallest absolute Gasteiger partial charge is 0.257 e. The molecule has 0 radical (unpaired) electrons. The lowest BCUT2D eigenvalue weighted by molar-refractivity contribution is -0.114. The molecule has 1 aliphatic heterocycles. The molecule has 0 saturated heterocycles. The lowest BCUT2D eigenvalue weighted by Gasteiger charge is -2.44. The number of fused-ring (bicyclic) bond motifs is 1. The normalized spacial score (nSPS) is 23.4. The predicted molar refractivity (Wildman–Crippen MR) is 120 cm³/mol. The van der Waals surface area contributed by atoms with Crippen molar-refractivity contribution < 1.29 is 9.59 Å². The third-order valence-electron chi connectivity index (χ3n) is 6.70. The Kier molecular flexibility index (Phi) is 5.99. The van der Waals surface area contributed by atoms with E-state index in [0.29, 0.717) is 36.5 Å². The molecule has 2 amide bonds. The summed E-state index contributed by atoms with van der Waals surface area (Å²) in [6.45, 7) is 4.40. The minimum atomic E-state index is -0.228. The van der Waals surface area contributed by atoms with Gasteiger partial charge in [0.1, 0.15) is 0 Å². The average Bonchev–Trinajstić information content (AvgIpc) is 2.73. The van der Waals surface area contributed by atoms with Crippen LogP contribution in [0, 0.1) is 6.92 Å². The highest BCUT2D eigenvalue weighted by Gasteiger charge is 2.40. The van der Waals surface area contributed by atoms with Gasteiger partial charge in [-0.3, -0.25) is 14.9 Å². The Hall–Kier alpha value is -2.51. The van der Waals surface area contributed by atoms with Gasteiger partial charge in [0.2, 0.25) is 11.9 Å². The van der Waals surface area contributed by atoms with Crippen molar-refractivity contribution in [3.8, 4) is 0 Å². The van der Waals surface area contributed by atoms with Crippen molar-refractivity contribution >= 4 is 29.4 Å².